The van der Waals surface area contributed by atoms with Crippen molar-refractivity contribution in [1.29, 1.82) is 0 Å². The van der Waals surface area contributed by atoms with Gasteiger partial charge in [0.2, 0.25) is 0 Å². The molecule has 106 valence electrons. The Morgan fingerprint density at radius 1 is 1.32 bits per heavy atom. The zero-order chi connectivity index (χ0) is 13.9. The largest absolute Gasteiger partial charge is 0.326 e. The van der Waals surface area contributed by atoms with Gasteiger partial charge in [-0.05, 0) is 56.3 Å². The molecule has 1 aromatic rings. The zero-order valence-electron chi connectivity index (χ0n) is 12.5. The van der Waals surface area contributed by atoms with E-state index in [1.165, 1.54) is 24.8 Å². The number of nitrogens with zero attached hydrogens (tertiary/aromatic N) is 2. The van der Waals surface area contributed by atoms with Gasteiger partial charge in [0.25, 0.3) is 0 Å². The van der Waals surface area contributed by atoms with Crippen molar-refractivity contribution in [2.45, 2.75) is 52.1 Å². The average molecular weight is 261 g/mol. The van der Waals surface area contributed by atoms with Gasteiger partial charge in [-0.3, -0.25) is 9.88 Å². The van der Waals surface area contributed by atoms with Crippen LogP contribution in [0.25, 0.3) is 0 Å². The fourth-order valence-corrected chi connectivity index (χ4v) is 3.12. The fourth-order valence-electron chi connectivity index (χ4n) is 3.12. The van der Waals surface area contributed by atoms with Crippen LogP contribution < -0.4 is 5.73 Å². The second-order valence-corrected chi connectivity index (χ2v) is 6.64. The van der Waals surface area contributed by atoms with Crippen LogP contribution in [0.3, 0.4) is 0 Å². The Labute approximate surface area is 117 Å². The van der Waals surface area contributed by atoms with Crippen molar-refractivity contribution in [3.63, 3.8) is 0 Å². The topological polar surface area (TPSA) is 42.1 Å². The second kappa shape index (κ2) is 6.02. The van der Waals surface area contributed by atoms with E-state index in [1.54, 1.807) is 0 Å². The molecule has 0 bridgehead atoms. The summed E-state index contributed by atoms with van der Waals surface area (Å²) < 4.78 is 0. The minimum atomic E-state index is 0.130. The van der Waals surface area contributed by atoms with Gasteiger partial charge >= 0.3 is 0 Å². The van der Waals surface area contributed by atoms with Crippen LogP contribution in [0.5, 0.6) is 0 Å². The van der Waals surface area contributed by atoms with Gasteiger partial charge in [-0.2, -0.15) is 0 Å². The van der Waals surface area contributed by atoms with Crippen molar-refractivity contribution in [3.05, 3.63) is 30.1 Å². The van der Waals surface area contributed by atoms with Crippen molar-refractivity contribution in [2.75, 3.05) is 13.1 Å². The molecule has 1 aliphatic rings. The summed E-state index contributed by atoms with van der Waals surface area (Å²) in [4.78, 5) is 6.80. The van der Waals surface area contributed by atoms with E-state index in [-0.39, 0.29) is 6.04 Å². The lowest BCUT2D eigenvalue weighted by atomic mass is 9.85. The predicted octanol–water partition coefficient (Wildman–Crippen LogP) is 2.98. The van der Waals surface area contributed by atoms with Crippen molar-refractivity contribution in [2.24, 2.45) is 11.1 Å². The molecular weight excluding hydrogens is 234 g/mol. The maximum atomic E-state index is 6.25. The molecule has 0 aliphatic carbocycles. The van der Waals surface area contributed by atoms with Crippen LogP contribution in [0.15, 0.2) is 24.5 Å². The van der Waals surface area contributed by atoms with Gasteiger partial charge in [0, 0.05) is 18.4 Å². The number of pyridine rings is 1. The quantitative estimate of drug-likeness (QED) is 0.909. The Morgan fingerprint density at radius 3 is 2.74 bits per heavy atom. The first kappa shape index (κ1) is 14.5. The first-order valence-electron chi connectivity index (χ1n) is 7.39. The molecule has 3 heteroatoms. The van der Waals surface area contributed by atoms with Crippen molar-refractivity contribution in [1.82, 2.24) is 9.88 Å². The molecule has 2 heterocycles. The monoisotopic (exact) mass is 261 g/mol. The number of rotatable bonds is 3. The number of aromatic nitrogens is 1. The van der Waals surface area contributed by atoms with E-state index < -0.39 is 0 Å². The van der Waals surface area contributed by atoms with Crippen molar-refractivity contribution in [3.8, 4) is 0 Å². The van der Waals surface area contributed by atoms with E-state index in [4.69, 9.17) is 5.73 Å². The molecule has 1 aromatic heterocycles. The van der Waals surface area contributed by atoms with Crippen molar-refractivity contribution < 1.29 is 0 Å². The van der Waals surface area contributed by atoms with Gasteiger partial charge < -0.3 is 5.73 Å². The third-order valence-electron chi connectivity index (χ3n) is 4.29. The highest BCUT2D eigenvalue weighted by atomic mass is 15.2. The summed E-state index contributed by atoms with van der Waals surface area (Å²) in [5, 5.41) is 0. The predicted molar refractivity (Wildman–Crippen MR) is 79.8 cm³/mol. The van der Waals surface area contributed by atoms with Crippen LogP contribution >= 0.6 is 0 Å². The van der Waals surface area contributed by atoms with Crippen LogP contribution in [0.2, 0.25) is 0 Å². The molecule has 0 spiro atoms. The van der Waals surface area contributed by atoms with Crippen LogP contribution in [0.4, 0.5) is 0 Å². The number of hydrogen-bond donors (Lipinski definition) is 1. The van der Waals surface area contributed by atoms with Gasteiger partial charge in [-0.25, -0.2) is 0 Å². The first-order chi connectivity index (χ1) is 8.99. The van der Waals surface area contributed by atoms with Gasteiger partial charge in [0.15, 0.2) is 0 Å². The Hall–Kier alpha value is -0.930. The number of likely N-dealkylation sites (tertiary alicyclic amines) is 1. The molecular formula is C16H27N3. The zero-order valence-corrected chi connectivity index (χ0v) is 12.5. The van der Waals surface area contributed by atoms with Gasteiger partial charge in [0.1, 0.15) is 0 Å². The lowest BCUT2D eigenvalue weighted by molar-refractivity contribution is 0.175. The van der Waals surface area contributed by atoms with Crippen LogP contribution in [0, 0.1) is 5.41 Å². The van der Waals surface area contributed by atoms with E-state index >= 15 is 0 Å². The Kier molecular flexibility index (Phi) is 4.58. The van der Waals surface area contributed by atoms with Crippen molar-refractivity contribution >= 4 is 0 Å². The molecule has 2 unspecified atom stereocenters. The smallest absolute Gasteiger partial charge is 0.0511 e. The molecule has 0 saturated carbocycles. The number of nitrogens with two attached hydrogens (primary N) is 1. The second-order valence-electron chi connectivity index (χ2n) is 6.64. The van der Waals surface area contributed by atoms with Gasteiger partial charge in [0.05, 0.1) is 6.04 Å². The number of hydrogen-bond acceptors (Lipinski definition) is 3. The summed E-state index contributed by atoms with van der Waals surface area (Å²) in [6, 6.07) is 4.58. The standard InChI is InChI=1S/C16H27N3/c1-13(17)15(14-6-4-9-18-12-14)19-10-5-7-16(2,3)8-11-19/h4,6,9,12-13,15H,5,7-8,10-11,17H2,1-3H3. The van der Waals surface area contributed by atoms with E-state index in [0.717, 1.165) is 13.1 Å². The summed E-state index contributed by atoms with van der Waals surface area (Å²) in [5.41, 5.74) is 7.96. The third kappa shape index (κ3) is 3.77. The highest BCUT2D eigenvalue weighted by Gasteiger charge is 2.29. The molecule has 1 aliphatic heterocycles. The maximum absolute atomic E-state index is 6.25. The summed E-state index contributed by atoms with van der Waals surface area (Å²) in [7, 11) is 0. The highest BCUT2D eigenvalue weighted by molar-refractivity contribution is 5.16. The molecule has 19 heavy (non-hydrogen) atoms. The van der Waals surface area contributed by atoms with Gasteiger partial charge in [-0.1, -0.05) is 19.9 Å². The molecule has 0 amide bonds. The summed E-state index contributed by atoms with van der Waals surface area (Å²) in [6.07, 6.45) is 7.60. The Bertz CT molecular complexity index is 386. The molecule has 1 fully saturated rings. The Morgan fingerprint density at radius 2 is 2.11 bits per heavy atom. The third-order valence-corrected chi connectivity index (χ3v) is 4.29. The lowest BCUT2D eigenvalue weighted by Crippen LogP contribution is -2.40. The molecule has 0 aromatic carbocycles. The lowest BCUT2D eigenvalue weighted by Gasteiger charge is -2.34. The molecule has 3 nitrogen and oxygen atoms in total. The van der Waals surface area contributed by atoms with E-state index in [9.17, 15) is 0 Å². The molecule has 2 rings (SSSR count). The van der Waals surface area contributed by atoms with E-state index in [1.807, 2.05) is 18.5 Å². The summed E-state index contributed by atoms with van der Waals surface area (Å²) in [6.45, 7) is 9.13. The fraction of sp³-hybridized carbons (Fsp3) is 0.688. The van der Waals surface area contributed by atoms with Gasteiger partial charge in [-0.15, -0.1) is 0 Å². The minimum absolute atomic E-state index is 0.130. The molecule has 1 saturated heterocycles. The molecule has 2 N–H and O–H groups in total. The molecule has 0 radical (unpaired) electrons. The average Bonchev–Trinajstić information content (AvgIpc) is 2.52. The van der Waals surface area contributed by atoms with E-state index in [0.29, 0.717) is 11.5 Å². The minimum Gasteiger partial charge on any atom is -0.326 e. The molecule has 2 atom stereocenters. The normalized spacial score (nSPS) is 23.6. The summed E-state index contributed by atoms with van der Waals surface area (Å²) >= 11 is 0. The Balaban J connectivity index is 2.16. The highest BCUT2D eigenvalue weighted by Crippen LogP contribution is 2.33. The first-order valence-corrected chi connectivity index (χ1v) is 7.39. The SMILES string of the molecule is CC(N)C(c1cccnc1)N1CCCC(C)(C)CC1. The summed E-state index contributed by atoms with van der Waals surface area (Å²) in [5.74, 6) is 0. The van der Waals surface area contributed by atoms with Crippen LogP contribution in [0.1, 0.15) is 51.6 Å². The maximum Gasteiger partial charge on any atom is 0.0511 e. The van der Waals surface area contributed by atoms with Crippen LogP contribution in [-0.2, 0) is 0 Å². The van der Waals surface area contributed by atoms with E-state index in [2.05, 4.69) is 36.7 Å². The van der Waals surface area contributed by atoms with Crippen LogP contribution in [-0.4, -0.2) is 29.0 Å².